The molecule has 1 unspecified atom stereocenters. The second kappa shape index (κ2) is 6.00. The summed E-state index contributed by atoms with van der Waals surface area (Å²) in [5.41, 5.74) is 10.6. The number of nitrogens with zero attached hydrogens (tertiary/aromatic N) is 2. The van der Waals surface area contributed by atoms with Crippen molar-refractivity contribution >= 4 is 28.5 Å². The number of benzene rings is 1. The highest BCUT2D eigenvalue weighted by molar-refractivity contribution is 7.14. The molecule has 1 aliphatic rings. The van der Waals surface area contributed by atoms with Gasteiger partial charge < -0.3 is 10.5 Å². The van der Waals surface area contributed by atoms with E-state index in [9.17, 15) is 0 Å². The first-order valence-electron chi connectivity index (χ1n) is 6.23. The number of nitrogen functional groups attached to an aromatic ring is 1. The fourth-order valence-corrected chi connectivity index (χ4v) is 2.47. The fraction of sp³-hybridized carbons (Fsp3) is 0.231. The molecule has 104 valence electrons. The largest absolute Gasteiger partial charge is 0.383 e. The molecule has 0 spiro atoms. The number of nitrogens with one attached hydrogen (secondary N) is 2. The zero-order valence-electron chi connectivity index (χ0n) is 10.7. The standard InChI is InChI=1S/C13H15N5OS/c14-12-7-20-13(17-12)18-16-5-9-1-3-10(4-2-9)11-6-15-8-19-11/h1-5,7,11,15H,6,8,14H2,(H,17,18). The number of anilines is 2. The summed E-state index contributed by atoms with van der Waals surface area (Å²) in [7, 11) is 0. The van der Waals surface area contributed by atoms with Gasteiger partial charge in [-0.2, -0.15) is 5.10 Å². The summed E-state index contributed by atoms with van der Waals surface area (Å²) in [6, 6.07) is 8.14. The van der Waals surface area contributed by atoms with E-state index in [-0.39, 0.29) is 6.10 Å². The Kier molecular flexibility index (Phi) is 3.91. The summed E-state index contributed by atoms with van der Waals surface area (Å²) >= 11 is 1.42. The van der Waals surface area contributed by atoms with Crippen LogP contribution in [0.3, 0.4) is 0 Å². The van der Waals surface area contributed by atoms with E-state index in [1.54, 1.807) is 11.6 Å². The van der Waals surface area contributed by atoms with Gasteiger partial charge in [-0.1, -0.05) is 24.3 Å². The van der Waals surface area contributed by atoms with Crippen LogP contribution in [0.4, 0.5) is 10.9 Å². The molecule has 1 aromatic carbocycles. The lowest BCUT2D eigenvalue weighted by molar-refractivity contribution is 0.114. The third-order valence-corrected chi connectivity index (χ3v) is 3.69. The molecule has 1 saturated heterocycles. The molecule has 1 atom stereocenters. The van der Waals surface area contributed by atoms with Gasteiger partial charge in [0.05, 0.1) is 19.0 Å². The van der Waals surface area contributed by atoms with Crippen molar-refractivity contribution in [2.75, 3.05) is 24.4 Å². The maximum atomic E-state index is 5.54. The molecule has 1 aromatic heterocycles. The Morgan fingerprint density at radius 2 is 2.30 bits per heavy atom. The van der Waals surface area contributed by atoms with E-state index in [4.69, 9.17) is 10.5 Å². The Morgan fingerprint density at radius 3 is 2.95 bits per heavy atom. The maximum Gasteiger partial charge on any atom is 0.205 e. The molecule has 1 aliphatic heterocycles. The van der Waals surface area contributed by atoms with E-state index in [1.165, 1.54) is 16.9 Å². The van der Waals surface area contributed by atoms with Crippen molar-refractivity contribution in [2.45, 2.75) is 6.10 Å². The molecule has 2 heterocycles. The van der Waals surface area contributed by atoms with Crippen molar-refractivity contribution in [1.29, 1.82) is 0 Å². The van der Waals surface area contributed by atoms with E-state index in [0.29, 0.717) is 17.7 Å². The highest BCUT2D eigenvalue weighted by Gasteiger charge is 2.16. The molecular weight excluding hydrogens is 274 g/mol. The summed E-state index contributed by atoms with van der Waals surface area (Å²) < 4.78 is 5.54. The highest BCUT2D eigenvalue weighted by Crippen LogP contribution is 2.19. The van der Waals surface area contributed by atoms with Crippen LogP contribution in [0.5, 0.6) is 0 Å². The Hall–Kier alpha value is -1.96. The van der Waals surface area contributed by atoms with Crippen molar-refractivity contribution < 1.29 is 4.74 Å². The van der Waals surface area contributed by atoms with Gasteiger partial charge in [-0.25, -0.2) is 4.98 Å². The van der Waals surface area contributed by atoms with Gasteiger partial charge in [-0.3, -0.25) is 10.7 Å². The van der Waals surface area contributed by atoms with Crippen LogP contribution in [0.2, 0.25) is 0 Å². The molecule has 20 heavy (non-hydrogen) atoms. The first kappa shape index (κ1) is 13.0. The normalized spacial score (nSPS) is 18.7. The zero-order chi connectivity index (χ0) is 13.8. The SMILES string of the molecule is Nc1csc(NN=Cc2ccc(C3CNCO3)cc2)n1. The smallest absolute Gasteiger partial charge is 0.205 e. The number of ether oxygens (including phenoxy) is 1. The van der Waals surface area contributed by atoms with Crippen LogP contribution in [-0.2, 0) is 4.74 Å². The number of aromatic nitrogens is 1. The molecular formula is C13H15N5OS. The Labute approximate surface area is 120 Å². The average Bonchev–Trinajstić information content (AvgIpc) is 3.11. The average molecular weight is 289 g/mol. The minimum atomic E-state index is 0.150. The molecule has 1 fully saturated rings. The van der Waals surface area contributed by atoms with Gasteiger partial charge in [-0.15, -0.1) is 11.3 Å². The van der Waals surface area contributed by atoms with Crippen molar-refractivity contribution in [3.05, 3.63) is 40.8 Å². The van der Waals surface area contributed by atoms with Crippen LogP contribution >= 0.6 is 11.3 Å². The van der Waals surface area contributed by atoms with Gasteiger partial charge in [0, 0.05) is 11.9 Å². The van der Waals surface area contributed by atoms with Crippen LogP contribution in [0.1, 0.15) is 17.2 Å². The van der Waals surface area contributed by atoms with Crippen LogP contribution in [0, 0.1) is 0 Å². The quantitative estimate of drug-likeness (QED) is 0.590. The highest BCUT2D eigenvalue weighted by atomic mass is 32.1. The molecule has 0 aliphatic carbocycles. The number of hydrogen-bond acceptors (Lipinski definition) is 7. The first-order valence-corrected chi connectivity index (χ1v) is 7.11. The van der Waals surface area contributed by atoms with Crippen molar-refractivity contribution in [3.63, 3.8) is 0 Å². The topological polar surface area (TPSA) is 84.6 Å². The fourth-order valence-electron chi connectivity index (χ4n) is 1.92. The van der Waals surface area contributed by atoms with Gasteiger partial charge in [0.2, 0.25) is 5.13 Å². The van der Waals surface area contributed by atoms with E-state index < -0.39 is 0 Å². The van der Waals surface area contributed by atoms with Gasteiger partial charge in [-0.05, 0) is 11.1 Å². The van der Waals surface area contributed by atoms with Gasteiger partial charge in [0.25, 0.3) is 0 Å². The Balaban J connectivity index is 1.59. The minimum Gasteiger partial charge on any atom is -0.383 e. The number of rotatable bonds is 4. The first-order chi connectivity index (χ1) is 9.81. The molecule has 0 saturated carbocycles. The van der Waals surface area contributed by atoms with E-state index >= 15 is 0 Å². The molecule has 6 nitrogen and oxygen atoms in total. The predicted molar refractivity (Wildman–Crippen MR) is 80.9 cm³/mol. The van der Waals surface area contributed by atoms with Crippen molar-refractivity contribution in [3.8, 4) is 0 Å². The molecule has 0 amide bonds. The summed E-state index contributed by atoms with van der Waals surface area (Å²) in [6.45, 7) is 1.48. The summed E-state index contributed by atoms with van der Waals surface area (Å²) in [5, 5.41) is 9.74. The lowest BCUT2D eigenvalue weighted by Crippen LogP contribution is -2.07. The Bertz CT molecular complexity index is 589. The van der Waals surface area contributed by atoms with Crippen molar-refractivity contribution in [1.82, 2.24) is 10.3 Å². The molecule has 4 N–H and O–H groups in total. The number of nitrogens with two attached hydrogens (primary N) is 1. The molecule has 2 aromatic rings. The van der Waals surface area contributed by atoms with Crippen LogP contribution < -0.4 is 16.5 Å². The van der Waals surface area contributed by atoms with Crippen LogP contribution in [0.25, 0.3) is 0 Å². The van der Waals surface area contributed by atoms with Gasteiger partial charge >= 0.3 is 0 Å². The summed E-state index contributed by atoms with van der Waals surface area (Å²) in [4.78, 5) is 4.06. The number of hydrogen-bond donors (Lipinski definition) is 3. The molecule has 0 radical (unpaired) electrons. The van der Waals surface area contributed by atoms with E-state index in [1.807, 2.05) is 12.1 Å². The van der Waals surface area contributed by atoms with Crippen LogP contribution in [-0.4, -0.2) is 24.5 Å². The zero-order valence-corrected chi connectivity index (χ0v) is 11.6. The Morgan fingerprint density at radius 1 is 1.45 bits per heavy atom. The van der Waals surface area contributed by atoms with E-state index in [0.717, 1.165) is 12.1 Å². The van der Waals surface area contributed by atoms with Gasteiger partial charge in [0.15, 0.2) is 0 Å². The molecule has 7 heteroatoms. The van der Waals surface area contributed by atoms with Crippen molar-refractivity contribution in [2.24, 2.45) is 5.10 Å². The summed E-state index contributed by atoms with van der Waals surface area (Å²) in [6.07, 6.45) is 1.90. The number of hydrazone groups is 1. The number of thiazole rings is 1. The third kappa shape index (κ3) is 3.13. The van der Waals surface area contributed by atoms with Crippen LogP contribution in [0.15, 0.2) is 34.7 Å². The van der Waals surface area contributed by atoms with E-state index in [2.05, 4.69) is 33.0 Å². The lowest BCUT2D eigenvalue weighted by atomic mass is 10.1. The minimum absolute atomic E-state index is 0.150. The predicted octanol–water partition coefficient (Wildman–Crippen LogP) is 1.79. The summed E-state index contributed by atoms with van der Waals surface area (Å²) in [5.74, 6) is 0.502. The molecule has 0 bridgehead atoms. The second-order valence-corrected chi connectivity index (χ2v) is 5.23. The molecule has 3 rings (SSSR count). The second-order valence-electron chi connectivity index (χ2n) is 4.37. The monoisotopic (exact) mass is 289 g/mol. The maximum absolute atomic E-state index is 5.54. The lowest BCUT2D eigenvalue weighted by Gasteiger charge is -2.08. The van der Waals surface area contributed by atoms with Gasteiger partial charge in [0.1, 0.15) is 5.82 Å². The third-order valence-electron chi connectivity index (χ3n) is 2.92.